The summed E-state index contributed by atoms with van der Waals surface area (Å²) in [5.74, 6) is 0.253. The fourth-order valence-corrected chi connectivity index (χ4v) is 9.09. The summed E-state index contributed by atoms with van der Waals surface area (Å²) in [6.07, 6.45) is 12.3. The third-order valence-electron chi connectivity index (χ3n) is 11.5. The molecule has 254 valence electrons. The second-order valence-electron chi connectivity index (χ2n) is 14.4. The van der Waals surface area contributed by atoms with E-state index in [2.05, 4.69) is 113 Å². The molecular formula is C49H36FN3. The van der Waals surface area contributed by atoms with Crippen molar-refractivity contribution in [1.82, 2.24) is 4.90 Å². The smallest absolute Gasteiger partial charge is 0.123 e. The highest BCUT2D eigenvalue weighted by molar-refractivity contribution is 6.17. The molecule has 2 unspecified atom stereocenters. The topological polar surface area (TPSA) is 30.3 Å². The minimum absolute atomic E-state index is 0.305. The Morgan fingerprint density at radius 2 is 1.43 bits per heavy atom. The zero-order chi connectivity index (χ0) is 35.5. The van der Waals surface area contributed by atoms with Crippen molar-refractivity contribution in [1.29, 1.82) is 5.26 Å². The first-order valence-electron chi connectivity index (χ1n) is 18.5. The van der Waals surface area contributed by atoms with Gasteiger partial charge in [-0.3, -0.25) is 0 Å². The van der Waals surface area contributed by atoms with Crippen LogP contribution in [0.1, 0.15) is 24.0 Å². The van der Waals surface area contributed by atoms with E-state index in [1.165, 1.54) is 51.2 Å². The van der Waals surface area contributed by atoms with E-state index in [4.69, 9.17) is 0 Å². The van der Waals surface area contributed by atoms with Crippen molar-refractivity contribution >= 4 is 44.3 Å². The average Bonchev–Trinajstić information content (AvgIpc) is 3.65. The summed E-state index contributed by atoms with van der Waals surface area (Å²) < 4.78 is 14.6. The maximum Gasteiger partial charge on any atom is 0.123 e. The number of halogens is 1. The van der Waals surface area contributed by atoms with Gasteiger partial charge in [0, 0.05) is 40.0 Å². The summed E-state index contributed by atoms with van der Waals surface area (Å²) in [6.45, 7) is 1.06. The van der Waals surface area contributed by atoms with Gasteiger partial charge >= 0.3 is 0 Å². The van der Waals surface area contributed by atoms with E-state index in [0.29, 0.717) is 17.5 Å². The molecule has 0 saturated carbocycles. The Morgan fingerprint density at radius 1 is 0.679 bits per heavy atom. The van der Waals surface area contributed by atoms with Gasteiger partial charge in [-0.25, -0.2) is 4.39 Å². The predicted octanol–water partition coefficient (Wildman–Crippen LogP) is 11.4. The van der Waals surface area contributed by atoms with Crippen molar-refractivity contribution in [3.63, 3.8) is 0 Å². The van der Waals surface area contributed by atoms with Crippen LogP contribution in [0.2, 0.25) is 0 Å². The molecule has 0 N–H and O–H groups in total. The number of fused-ring (bicyclic) bond motifs is 1. The molecule has 1 aliphatic heterocycles. The first kappa shape index (κ1) is 31.3. The minimum Gasteiger partial charge on any atom is -0.367 e. The first-order valence-corrected chi connectivity index (χ1v) is 18.5. The third kappa shape index (κ3) is 5.15. The molecule has 1 saturated heterocycles. The minimum atomic E-state index is -0.305. The molecule has 4 heteroatoms. The highest BCUT2D eigenvalue weighted by Gasteiger charge is 2.34. The van der Waals surface area contributed by atoms with Gasteiger partial charge in [0.2, 0.25) is 0 Å². The molecule has 2 aliphatic carbocycles. The van der Waals surface area contributed by atoms with Crippen LogP contribution in [0.25, 0.3) is 49.5 Å². The van der Waals surface area contributed by atoms with E-state index in [0.717, 1.165) is 64.1 Å². The number of likely N-dealkylation sites (tertiary alicyclic amines) is 1. The lowest BCUT2D eigenvalue weighted by Gasteiger charge is -2.33. The van der Waals surface area contributed by atoms with Crippen LogP contribution in [0.5, 0.6) is 0 Å². The lowest BCUT2D eigenvalue weighted by atomic mass is 9.87. The van der Waals surface area contributed by atoms with Gasteiger partial charge in [0.15, 0.2) is 0 Å². The number of hydrogen-bond acceptors (Lipinski definition) is 3. The van der Waals surface area contributed by atoms with Crippen molar-refractivity contribution in [3.8, 4) is 28.3 Å². The van der Waals surface area contributed by atoms with Gasteiger partial charge in [-0.2, -0.15) is 5.26 Å². The number of benzene rings is 7. The van der Waals surface area contributed by atoms with Crippen LogP contribution in [-0.4, -0.2) is 17.5 Å². The molecular weight excluding hydrogens is 650 g/mol. The van der Waals surface area contributed by atoms with Gasteiger partial charge in [0.1, 0.15) is 11.9 Å². The van der Waals surface area contributed by atoms with Crippen LogP contribution >= 0.6 is 0 Å². The zero-order valence-corrected chi connectivity index (χ0v) is 29.2. The van der Waals surface area contributed by atoms with Crippen LogP contribution in [0, 0.1) is 23.1 Å². The fourth-order valence-electron chi connectivity index (χ4n) is 9.09. The summed E-state index contributed by atoms with van der Waals surface area (Å²) in [5.41, 5.74) is 9.71. The number of nitriles is 1. The van der Waals surface area contributed by atoms with Crippen LogP contribution in [0.15, 0.2) is 158 Å². The number of hydrogen-bond donors (Lipinski definition) is 0. The number of anilines is 3. The van der Waals surface area contributed by atoms with Crippen molar-refractivity contribution in [2.45, 2.75) is 25.3 Å². The second-order valence-corrected chi connectivity index (χ2v) is 14.4. The zero-order valence-electron chi connectivity index (χ0n) is 29.2. The second kappa shape index (κ2) is 12.7. The Bertz CT molecular complexity index is 2710. The van der Waals surface area contributed by atoms with Gasteiger partial charge in [-0.15, -0.1) is 0 Å². The molecule has 3 aliphatic rings. The highest BCUT2D eigenvalue weighted by atomic mass is 19.1. The molecule has 3 nitrogen and oxygen atoms in total. The van der Waals surface area contributed by atoms with E-state index in [1.807, 2.05) is 48.5 Å². The number of rotatable bonds is 6. The number of nitrogens with zero attached hydrogens (tertiary/aromatic N) is 3. The van der Waals surface area contributed by atoms with Gasteiger partial charge < -0.3 is 9.80 Å². The largest absolute Gasteiger partial charge is 0.367 e. The van der Waals surface area contributed by atoms with E-state index in [9.17, 15) is 9.65 Å². The fraction of sp³-hybridized carbons (Fsp3) is 0.122. The first-order chi connectivity index (χ1) is 26.2. The molecule has 1 fully saturated rings. The lowest BCUT2D eigenvalue weighted by molar-refractivity contribution is 0.384. The molecule has 7 aromatic carbocycles. The van der Waals surface area contributed by atoms with Crippen molar-refractivity contribution in [3.05, 3.63) is 180 Å². The molecule has 0 amide bonds. The van der Waals surface area contributed by atoms with Crippen LogP contribution in [0.4, 0.5) is 21.5 Å². The van der Waals surface area contributed by atoms with Crippen molar-refractivity contribution < 1.29 is 4.39 Å². The maximum atomic E-state index is 14.6. The molecule has 1 heterocycles. The molecule has 7 aromatic rings. The summed E-state index contributed by atoms with van der Waals surface area (Å²) >= 11 is 0. The van der Waals surface area contributed by atoms with Crippen LogP contribution in [-0.2, 0) is 6.42 Å². The highest BCUT2D eigenvalue weighted by Crippen LogP contribution is 2.47. The Morgan fingerprint density at radius 3 is 2.23 bits per heavy atom. The van der Waals surface area contributed by atoms with Crippen molar-refractivity contribution in [2.75, 3.05) is 11.4 Å². The SMILES string of the molecule is N#Cc1c(-c2ccccc2)cc(-c2ccccc2)cc1N(c1ccc(F)cc1)c1ccc2ccc3c4c(ccc1c24)CCC=3N1CCC2C=CC=CC21. The van der Waals surface area contributed by atoms with E-state index in [-0.39, 0.29) is 5.82 Å². The quantitative estimate of drug-likeness (QED) is 0.175. The maximum absolute atomic E-state index is 14.6. The average molecular weight is 686 g/mol. The lowest BCUT2D eigenvalue weighted by Crippen LogP contribution is -2.35. The molecule has 0 bridgehead atoms. The summed E-state index contributed by atoms with van der Waals surface area (Å²) in [4.78, 5) is 4.82. The molecule has 0 spiro atoms. The summed E-state index contributed by atoms with van der Waals surface area (Å²) in [5, 5.41) is 17.2. The Hall–Kier alpha value is -6.44. The van der Waals surface area contributed by atoms with Gasteiger partial charge in [-0.1, -0.05) is 115 Å². The molecule has 10 rings (SSSR count). The standard InChI is InChI=1S/C49H36FN3/c50-38-19-21-39(22-20-38)53(47-30-37(32-9-3-1-4-10-32)29-42(43(47)31-51)33-11-5-2-6-12-33)46-26-18-36-15-23-40-45(52-28-27-34-13-7-8-14-44(34)52)25-17-35-16-24-41(46)49(36)48(35)40/h1-16,18-24,26,29-30,34,44H,17,25,27-28H2. The van der Waals surface area contributed by atoms with Crippen LogP contribution in [0.3, 0.4) is 0 Å². The number of aryl methyl sites for hydroxylation is 1. The summed E-state index contributed by atoms with van der Waals surface area (Å²) in [7, 11) is 0. The summed E-state index contributed by atoms with van der Waals surface area (Å²) in [6, 6.07) is 47.9. The van der Waals surface area contributed by atoms with E-state index in [1.54, 1.807) is 0 Å². The Balaban J connectivity index is 1.26. The Kier molecular flexibility index (Phi) is 7.47. The monoisotopic (exact) mass is 685 g/mol. The predicted molar refractivity (Wildman–Crippen MR) is 216 cm³/mol. The molecule has 0 aromatic heterocycles. The molecule has 53 heavy (non-hydrogen) atoms. The molecule has 0 radical (unpaired) electrons. The van der Waals surface area contributed by atoms with E-state index < -0.39 is 0 Å². The van der Waals surface area contributed by atoms with Gasteiger partial charge in [-0.05, 0) is 100 Å². The Labute approximate surface area is 308 Å². The third-order valence-corrected chi connectivity index (χ3v) is 11.5. The number of allylic oxidation sites excluding steroid dienone is 2. The van der Waals surface area contributed by atoms with Crippen LogP contribution < -0.4 is 10.1 Å². The van der Waals surface area contributed by atoms with Gasteiger partial charge in [0.05, 0.1) is 23.0 Å². The molecule has 2 atom stereocenters. The van der Waals surface area contributed by atoms with Gasteiger partial charge in [0.25, 0.3) is 0 Å². The van der Waals surface area contributed by atoms with Crippen molar-refractivity contribution in [2.24, 2.45) is 5.92 Å². The normalized spacial score (nSPS) is 17.4. The van der Waals surface area contributed by atoms with E-state index >= 15 is 0 Å².